The Morgan fingerprint density at radius 2 is 2.04 bits per heavy atom. The lowest BCUT2D eigenvalue weighted by molar-refractivity contribution is 0.0601. The maximum Gasteiger partial charge on any atom is 0.337 e. The van der Waals surface area contributed by atoms with Crippen LogP contribution >= 0.6 is 0 Å². The van der Waals surface area contributed by atoms with Crippen molar-refractivity contribution in [1.29, 1.82) is 0 Å². The van der Waals surface area contributed by atoms with E-state index in [9.17, 15) is 4.79 Å². The lowest BCUT2D eigenvalue weighted by atomic mass is 10.1. The number of fused-ring (bicyclic) bond motifs is 4. The number of benzene rings is 2. The molecule has 4 aromatic rings. The molecule has 2 aromatic carbocycles. The van der Waals surface area contributed by atoms with Crippen LogP contribution in [0.15, 0.2) is 47.5 Å². The zero-order chi connectivity index (χ0) is 19.0. The quantitative estimate of drug-likeness (QED) is 0.432. The summed E-state index contributed by atoms with van der Waals surface area (Å²) in [6.45, 7) is 0.637. The van der Waals surface area contributed by atoms with Crippen LogP contribution in [0.2, 0.25) is 0 Å². The monoisotopic (exact) mass is 363 g/mol. The molecule has 2 heterocycles. The van der Waals surface area contributed by atoms with Crippen molar-refractivity contribution in [3.63, 3.8) is 0 Å². The fourth-order valence-electron chi connectivity index (χ4n) is 3.56. The highest BCUT2D eigenvalue weighted by Gasteiger charge is 2.15. The van der Waals surface area contributed by atoms with E-state index in [-0.39, 0.29) is 12.6 Å². The van der Waals surface area contributed by atoms with Gasteiger partial charge in [-0.3, -0.25) is 4.99 Å². The van der Waals surface area contributed by atoms with Gasteiger partial charge in [-0.15, -0.1) is 0 Å². The summed E-state index contributed by atoms with van der Waals surface area (Å²) < 4.78 is 6.98. The first-order valence-corrected chi connectivity index (χ1v) is 8.88. The summed E-state index contributed by atoms with van der Waals surface area (Å²) >= 11 is 0. The molecular formula is C21H21N3O3. The van der Waals surface area contributed by atoms with Crippen molar-refractivity contribution >= 4 is 38.8 Å². The van der Waals surface area contributed by atoms with Crippen LogP contribution in [0.25, 0.3) is 32.8 Å². The Balaban J connectivity index is 2.17. The first-order valence-electron chi connectivity index (χ1n) is 8.88. The van der Waals surface area contributed by atoms with Crippen molar-refractivity contribution in [2.24, 2.45) is 12.0 Å². The molecule has 0 fully saturated rings. The van der Waals surface area contributed by atoms with Gasteiger partial charge in [-0.25, -0.2) is 4.79 Å². The van der Waals surface area contributed by atoms with Crippen molar-refractivity contribution in [2.75, 3.05) is 20.3 Å². The highest BCUT2D eigenvalue weighted by molar-refractivity contribution is 6.11. The summed E-state index contributed by atoms with van der Waals surface area (Å²) in [4.78, 5) is 20.3. The topological polar surface area (TPSA) is 79.6 Å². The van der Waals surface area contributed by atoms with Gasteiger partial charge >= 0.3 is 5.97 Å². The number of aliphatic hydroxyl groups is 1. The number of H-pyrrole nitrogens is 1. The molecule has 0 saturated carbocycles. The molecule has 138 valence electrons. The van der Waals surface area contributed by atoms with Crippen LogP contribution < -0.4 is 5.36 Å². The number of aliphatic hydroxyl groups excluding tert-OH is 1. The number of carbonyl (C=O) groups excluding carboxylic acids is 1. The van der Waals surface area contributed by atoms with E-state index in [0.717, 1.165) is 38.2 Å². The maximum atomic E-state index is 12.0. The molecule has 0 amide bonds. The molecule has 6 nitrogen and oxygen atoms in total. The molecule has 2 aromatic heterocycles. The summed E-state index contributed by atoms with van der Waals surface area (Å²) in [5.41, 5.74) is 3.44. The van der Waals surface area contributed by atoms with Gasteiger partial charge in [0, 0.05) is 36.5 Å². The molecule has 27 heavy (non-hydrogen) atoms. The van der Waals surface area contributed by atoms with Gasteiger partial charge in [-0.05, 0) is 30.7 Å². The van der Waals surface area contributed by atoms with Crippen LogP contribution in [0.5, 0.6) is 0 Å². The number of nitrogens with zero attached hydrogens (tertiary/aromatic N) is 2. The van der Waals surface area contributed by atoms with E-state index in [1.165, 1.54) is 7.11 Å². The van der Waals surface area contributed by atoms with Gasteiger partial charge in [0.1, 0.15) is 5.65 Å². The Bertz CT molecular complexity index is 1230. The normalized spacial score (nSPS) is 12.3. The fraction of sp³-hybridized carbons (Fsp3) is 0.238. The number of pyridine rings is 1. The van der Waals surface area contributed by atoms with Gasteiger partial charge in [0.15, 0.2) is 0 Å². The van der Waals surface area contributed by atoms with Crippen LogP contribution in [0.3, 0.4) is 0 Å². The van der Waals surface area contributed by atoms with E-state index in [4.69, 9.17) is 14.8 Å². The number of aryl methyl sites for hydroxylation is 1. The molecular weight excluding hydrogens is 342 g/mol. The molecule has 0 unspecified atom stereocenters. The van der Waals surface area contributed by atoms with E-state index in [2.05, 4.69) is 21.7 Å². The molecule has 0 aliphatic heterocycles. The lowest BCUT2D eigenvalue weighted by Crippen LogP contribution is -2.11. The SMILES string of the molecule is COC(=O)c1ccc2[nH]c3c(c(=NCCCO)c4ccccc4n3C)c2c1. The second kappa shape index (κ2) is 6.89. The predicted molar refractivity (Wildman–Crippen MR) is 106 cm³/mol. The second-order valence-electron chi connectivity index (χ2n) is 6.48. The van der Waals surface area contributed by atoms with Crippen LogP contribution in [0, 0.1) is 0 Å². The summed E-state index contributed by atoms with van der Waals surface area (Å²) in [6, 6.07) is 13.6. The van der Waals surface area contributed by atoms with Crippen LogP contribution in [0.4, 0.5) is 0 Å². The Morgan fingerprint density at radius 1 is 1.22 bits per heavy atom. The average molecular weight is 363 g/mol. The highest BCUT2D eigenvalue weighted by atomic mass is 16.5. The Labute approximate surface area is 155 Å². The number of carbonyl (C=O) groups is 1. The molecule has 6 heteroatoms. The van der Waals surface area contributed by atoms with Gasteiger partial charge < -0.3 is 19.4 Å². The second-order valence-corrected chi connectivity index (χ2v) is 6.48. The van der Waals surface area contributed by atoms with E-state index in [1.807, 2.05) is 31.3 Å². The van der Waals surface area contributed by atoms with Crippen LogP contribution in [-0.2, 0) is 11.8 Å². The molecule has 0 aliphatic rings. The van der Waals surface area contributed by atoms with Crippen LogP contribution in [0.1, 0.15) is 16.8 Å². The number of aromatic amines is 1. The van der Waals surface area contributed by atoms with Gasteiger partial charge in [0.25, 0.3) is 0 Å². The van der Waals surface area contributed by atoms with Crippen molar-refractivity contribution in [1.82, 2.24) is 9.55 Å². The molecule has 0 bridgehead atoms. The number of nitrogens with one attached hydrogen (secondary N) is 1. The van der Waals surface area contributed by atoms with Crippen molar-refractivity contribution < 1.29 is 14.6 Å². The van der Waals surface area contributed by atoms with Gasteiger partial charge in [-0.2, -0.15) is 0 Å². The number of para-hydroxylation sites is 1. The summed E-state index contributed by atoms with van der Waals surface area (Å²) in [5.74, 6) is -0.366. The smallest absolute Gasteiger partial charge is 0.337 e. The maximum absolute atomic E-state index is 12.0. The zero-order valence-corrected chi connectivity index (χ0v) is 15.3. The largest absolute Gasteiger partial charge is 0.465 e. The average Bonchev–Trinajstić information content (AvgIpc) is 3.09. The molecule has 4 rings (SSSR count). The first-order chi connectivity index (χ1) is 13.2. The van der Waals surface area contributed by atoms with E-state index in [0.29, 0.717) is 18.5 Å². The molecule has 0 aliphatic carbocycles. The number of hydrogen-bond donors (Lipinski definition) is 2. The van der Waals surface area contributed by atoms with Crippen molar-refractivity contribution in [3.05, 3.63) is 53.4 Å². The highest BCUT2D eigenvalue weighted by Crippen LogP contribution is 2.27. The summed E-state index contributed by atoms with van der Waals surface area (Å²) in [6.07, 6.45) is 0.604. The molecule has 0 atom stereocenters. The Morgan fingerprint density at radius 3 is 2.81 bits per heavy atom. The molecule has 0 spiro atoms. The third-order valence-corrected chi connectivity index (χ3v) is 4.88. The predicted octanol–water partition coefficient (Wildman–Crippen LogP) is 2.88. The minimum atomic E-state index is -0.366. The Hall–Kier alpha value is -3.12. The fourth-order valence-corrected chi connectivity index (χ4v) is 3.56. The minimum absolute atomic E-state index is 0.103. The number of methoxy groups -OCH3 is 1. The third kappa shape index (κ3) is 2.78. The van der Waals surface area contributed by atoms with Crippen molar-refractivity contribution in [2.45, 2.75) is 6.42 Å². The van der Waals surface area contributed by atoms with Crippen molar-refractivity contribution in [3.8, 4) is 0 Å². The van der Waals surface area contributed by atoms with E-state index in [1.54, 1.807) is 6.07 Å². The summed E-state index contributed by atoms with van der Waals surface area (Å²) in [7, 11) is 3.39. The molecule has 0 saturated heterocycles. The van der Waals surface area contributed by atoms with Gasteiger partial charge in [0.2, 0.25) is 0 Å². The number of hydrogen-bond acceptors (Lipinski definition) is 4. The molecule has 0 radical (unpaired) electrons. The number of ether oxygens (including phenoxy) is 1. The number of rotatable bonds is 4. The number of esters is 1. The first kappa shape index (κ1) is 17.3. The van der Waals surface area contributed by atoms with E-state index >= 15 is 0 Å². The van der Waals surface area contributed by atoms with E-state index < -0.39 is 0 Å². The lowest BCUT2D eigenvalue weighted by Gasteiger charge is -2.09. The van der Waals surface area contributed by atoms with Gasteiger partial charge in [-0.1, -0.05) is 18.2 Å². The third-order valence-electron chi connectivity index (χ3n) is 4.88. The van der Waals surface area contributed by atoms with Crippen LogP contribution in [-0.4, -0.2) is 40.9 Å². The minimum Gasteiger partial charge on any atom is -0.465 e. The molecule has 2 N–H and O–H groups in total. The standard InChI is InChI=1S/C21H21N3O3/c1-24-17-7-4-3-6-14(17)19(22-10-5-11-25)18-15-12-13(21(26)27-2)8-9-16(15)23-20(18)24/h3-4,6-9,12,23,25H,5,10-11H2,1-2H3. The Kier molecular flexibility index (Phi) is 4.41. The van der Waals surface area contributed by atoms with Gasteiger partial charge in [0.05, 0.1) is 28.9 Å². The number of aromatic nitrogens is 2. The zero-order valence-electron chi connectivity index (χ0n) is 15.3. The summed E-state index contributed by atoms with van der Waals surface area (Å²) in [5, 5.41) is 13.0.